The highest BCUT2D eigenvalue weighted by molar-refractivity contribution is 5.77. The maximum atomic E-state index is 13.4. The third kappa shape index (κ3) is 3.10. The molecule has 1 saturated carbocycles. The van der Waals surface area contributed by atoms with Crippen LogP contribution in [0.1, 0.15) is 48.9 Å². The number of rotatable bonds is 5. The molecule has 4 heterocycles. The predicted molar refractivity (Wildman–Crippen MR) is 129 cm³/mol. The summed E-state index contributed by atoms with van der Waals surface area (Å²) in [5.74, 6) is 1.49. The predicted octanol–water partition coefficient (Wildman–Crippen LogP) is 2.42. The van der Waals surface area contributed by atoms with Crippen molar-refractivity contribution in [3.05, 3.63) is 53.3 Å². The van der Waals surface area contributed by atoms with Gasteiger partial charge in [-0.1, -0.05) is 12.1 Å². The van der Waals surface area contributed by atoms with Gasteiger partial charge in [-0.2, -0.15) is 0 Å². The topological polar surface area (TPSA) is 86.1 Å². The summed E-state index contributed by atoms with van der Waals surface area (Å²) in [6, 6.07) is 9.54. The molecule has 1 spiro atoms. The fourth-order valence-corrected chi connectivity index (χ4v) is 7.57. The normalized spacial score (nSPS) is 33.1. The lowest BCUT2D eigenvalue weighted by Gasteiger charge is -2.60. The molecule has 7 rings (SSSR count). The van der Waals surface area contributed by atoms with E-state index in [9.17, 15) is 15.0 Å². The first-order valence-corrected chi connectivity index (χ1v) is 13.2. The van der Waals surface area contributed by atoms with Gasteiger partial charge in [-0.25, -0.2) is 0 Å². The molecular formula is C28H33N3O4. The number of carbonyl (C=O) groups is 1. The van der Waals surface area contributed by atoms with E-state index >= 15 is 0 Å². The Bertz CT molecular complexity index is 1170. The lowest BCUT2D eigenvalue weighted by atomic mass is 9.52. The molecule has 2 aliphatic carbocycles. The Morgan fingerprint density at radius 1 is 1.17 bits per heavy atom. The van der Waals surface area contributed by atoms with Crippen LogP contribution < -0.4 is 4.74 Å². The van der Waals surface area contributed by atoms with Crippen LogP contribution in [-0.4, -0.2) is 74.8 Å². The van der Waals surface area contributed by atoms with Gasteiger partial charge in [0.2, 0.25) is 5.91 Å². The van der Waals surface area contributed by atoms with Crippen molar-refractivity contribution in [1.29, 1.82) is 0 Å². The van der Waals surface area contributed by atoms with Crippen LogP contribution in [0.3, 0.4) is 0 Å². The van der Waals surface area contributed by atoms with Crippen molar-refractivity contribution in [3.63, 3.8) is 0 Å². The molecule has 3 aliphatic heterocycles. The molecule has 0 radical (unpaired) electrons. The van der Waals surface area contributed by atoms with E-state index in [1.54, 1.807) is 12.3 Å². The molecule has 0 unspecified atom stereocenters. The number of likely N-dealkylation sites (tertiary alicyclic amines) is 2. The standard InChI is InChI=1S/C28H33N3O4/c32-21-8-6-19-15-22-28(34)11-14-31(24(33)9-7-20-3-1-2-12-29-20)17-23-27(28,25(19)26(21)35-23)10-13-30(22)16-18-4-5-18/h1-3,6,8,12,18,22-23,32,34H,4-5,7,9-11,13-17H2/t22-,23+,27-,28-/m1/s1. The number of aromatic nitrogens is 1. The molecule has 35 heavy (non-hydrogen) atoms. The fraction of sp³-hybridized carbons (Fsp3) is 0.571. The Kier molecular flexibility index (Phi) is 4.74. The van der Waals surface area contributed by atoms with Gasteiger partial charge in [0.25, 0.3) is 0 Å². The minimum atomic E-state index is -0.993. The number of phenols is 1. The first kappa shape index (κ1) is 21.6. The van der Waals surface area contributed by atoms with Crippen molar-refractivity contribution in [1.82, 2.24) is 14.8 Å². The van der Waals surface area contributed by atoms with Crippen LogP contribution in [0.5, 0.6) is 11.5 Å². The number of benzene rings is 1. The smallest absolute Gasteiger partial charge is 0.223 e. The van der Waals surface area contributed by atoms with E-state index in [2.05, 4.69) is 9.88 Å². The molecule has 184 valence electrons. The molecule has 2 saturated heterocycles. The van der Waals surface area contributed by atoms with Crippen LogP contribution in [0.25, 0.3) is 0 Å². The molecule has 7 heteroatoms. The summed E-state index contributed by atoms with van der Waals surface area (Å²) in [6.07, 6.45) is 7.03. The number of nitrogens with zero attached hydrogens (tertiary/aromatic N) is 3. The number of amides is 1. The van der Waals surface area contributed by atoms with E-state index in [4.69, 9.17) is 4.74 Å². The van der Waals surface area contributed by atoms with Crippen LogP contribution >= 0.6 is 0 Å². The van der Waals surface area contributed by atoms with Crippen molar-refractivity contribution in [2.75, 3.05) is 26.2 Å². The van der Waals surface area contributed by atoms with Crippen LogP contribution in [0.15, 0.2) is 36.5 Å². The maximum absolute atomic E-state index is 13.4. The second-order valence-electron chi connectivity index (χ2n) is 11.3. The average molecular weight is 476 g/mol. The highest BCUT2D eigenvalue weighted by Gasteiger charge is 2.71. The summed E-state index contributed by atoms with van der Waals surface area (Å²) in [5, 5.41) is 23.4. The lowest BCUT2D eigenvalue weighted by Crippen LogP contribution is -2.74. The Morgan fingerprint density at radius 2 is 2.06 bits per heavy atom. The fourth-order valence-electron chi connectivity index (χ4n) is 7.57. The number of hydrogen-bond donors (Lipinski definition) is 2. The average Bonchev–Trinajstić information content (AvgIpc) is 3.63. The van der Waals surface area contributed by atoms with Crippen LogP contribution in [-0.2, 0) is 23.1 Å². The van der Waals surface area contributed by atoms with Crippen LogP contribution in [0.4, 0.5) is 0 Å². The molecule has 1 aromatic carbocycles. The van der Waals surface area contributed by atoms with E-state index in [0.29, 0.717) is 38.1 Å². The minimum absolute atomic E-state index is 0.00881. The van der Waals surface area contributed by atoms with Gasteiger partial charge in [0.1, 0.15) is 6.10 Å². The SMILES string of the molecule is O=C(CCc1ccccn1)N1CC[C@@]2(O)[C@H]3Cc4ccc(O)c5c4[C@@]2(CCN3CC2CC2)[C@H](C1)O5. The van der Waals surface area contributed by atoms with Gasteiger partial charge < -0.3 is 19.8 Å². The van der Waals surface area contributed by atoms with Crippen LogP contribution in [0.2, 0.25) is 0 Å². The van der Waals surface area contributed by atoms with Gasteiger partial charge in [0.05, 0.1) is 17.6 Å². The van der Waals surface area contributed by atoms with Gasteiger partial charge in [0.15, 0.2) is 11.5 Å². The number of phenolic OH excluding ortho intramolecular Hbond substituents is 1. The zero-order valence-electron chi connectivity index (χ0n) is 20.0. The van der Waals surface area contributed by atoms with E-state index in [-0.39, 0.29) is 23.8 Å². The largest absolute Gasteiger partial charge is 0.504 e. The Morgan fingerprint density at radius 3 is 2.86 bits per heavy atom. The summed E-state index contributed by atoms with van der Waals surface area (Å²) >= 11 is 0. The number of hydrogen-bond acceptors (Lipinski definition) is 6. The minimum Gasteiger partial charge on any atom is -0.504 e. The highest BCUT2D eigenvalue weighted by Crippen LogP contribution is 2.63. The second kappa shape index (κ2) is 7.68. The molecule has 2 N–H and O–H groups in total. The molecule has 2 aromatic rings. The Labute approximate surface area is 205 Å². The number of pyridine rings is 1. The number of aliphatic hydroxyl groups is 1. The quantitative estimate of drug-likeness (QED) is 0.691. The number of ether oxygens (including phenoxy) is 1. The molecule has 2 bridgehead atoms. The highest BCUT2D eigenvalue weighted by atomic mass is 16.5. The van der Waals surface area contributed by atoms with Crippen molar-refractivity contribution in [2.24, 2.45) is 5.92 Å². The summed E-state index contributed by atoms with van der Waals surface area (Å²) in [5.41, 5.74) is 1.52. The molecule has 1 aromatic heterocycles. The van der Waals surface area contributed by atoms with Gasteiger partial charge in [0, 0.05) is 43.0 Å². The zero-order valence-corrected chi connectivity index (χ0v) is 20.0. The van der Waals surface area contributed by atoms with E-state index in [1.165, 1.54) is 18.4 Å². The van der Waals surface area contributed by atoms with Crippen molar-refractivity contribution in [3.8, 4) is 11.5 Å². The maximum Gasteiger partial charge on any atom is 0.223 e. The Balaban J connectivity index is 1.24. The molecule has 7 nitrogen and oxygen atoms in total. The molecule has 4 atom stereocenters. The lowest BCUT2D eigenvalue weighted by molar-refractivity contribution is -0.162. The first-order valence-electron chi connectivity index (χ1n) is 13.2. The molecular weight excluding hydrogens is 442 g/mol. The number of aromatic hydroxyl groups is 1. The van der Waals surface area contributed by atoms with Gasteiger partial charge in [-0.15, -0.1) is 0 Å². The van der Waals surface area contributed by atoms with E-state index in [1.807, 2.05) is 29.2 Å². The number of piperidine rings is 1. The number of carbonyl (C=O) groups excluding carboxylic acids is 1. The Hall–Kier alpha value is -2.64. The number of aryl methyl sites for hydroxylation is 1. The van der Waals surface area contributed by atoms with Crippen molar-refractivity contribution in [2.45, 2.75) is 68.1 Å². The van der Waals surface area contributed by atoms with Gasteiger partial charge in [-0.3, -0.25) is 14.7 Å². The van der Waals surface area contributed by atoms with Gasteiger partial charge >= 0.3 is 0 Å². The van der Waals surface area contributed by atoms with Crippen molar-refractivity contribution >= 4 is 5.91 Å². The van der Waals surface area contributed by atoms with E-state index in [0.717, 1.165) is 43.1 Å². The third-order valence-electron chi connectivity index (χ3n) is 9.46. The van der Waals surface area contributed by atoms with Gasteiger partial charge in [-0.05, 0) is 74.8 Å². The van der Waals surface area contributed by atoms with E-state index < -0.39 is 11.0 Å². The monoisotopic (exact) mass is 475 g/mol. The summed E-state index contributed by atoms with van der Waals surface area (Å²) < 4.78 is 6.49. The summed E-state index contributed by atoms with van der Waals surface area (Å²) in [4.78, 5) is 22.1. The molecule has 5 aliphatic rings. The summed E-state index contributed by atoms with van der Waals surface area (Å²) in [6.45, 7) is 2.93. The third-order valence-corrected chi connectivity index (χ3v) is 9.46. The van der Waals surface area contributed by atoms with Crippen molar-refractivity contribution < 1.29 is 19.7 Å². The van der Waals surface area contributed by atoms with Crippen LogP contribution in [0, 0.1) is 5.92 Å². The first-order chi connectivity index (χ1) is 17.0. The zero-order chi connectivity index (χ0) is 23.8. The molecule has 1 amide bonds. The molecule has 3 fully saturated rings. The second-order valence-corrected chi connectivity index (χ2v) is 11.3. The summed E-state index contributed by atoms with van der Waals surface area (Å²) in [7, 11) is 0.